The van der Waals surface area contributed by atoms with Crippen LogP contribution in [-0.4, -0.2) is 14.4 Å². The molecule has 0 rings (SSSR count). The summed E-state index contributed by atoms with van der Waals surface area (Å²) in [6.07, 6.45) is 2.74. The van der Waals surface area contributed by atoms with E-state index in [0.29, 0.717) is 4.49 Å². The van der Waals surface area contributed by atoms with Crippen molar-refractivity contribution in [3.63, 3.8) is 0 Å². The Morgan fingerprint density at radius 3 is 2.13 bits per heavy atom. The Kier molecular flexibility index (Phi) is 5.90. The minimum Gasteiger partial charge on any atom is -0.414 e. The highest BCUT2D eigenvalue weighted by atomic mass is 35.5. The molecule has 0 aromatic heterocycles. The molecule has 0 bridgehead atoms. The fourth-order valence-corrected chi connectivity index (χ4v) is 2.62. The third kappa shape index (κ3) is 5.96. The summed E-state index contributed by atoms with van der Waals surface area (Å²) < 4.78 is 6.45. The topological polar surface area (TPSA) is 9.23 Å². The first-order valence-electron chi connectivity index (χ1n) is 5.25. The first-order chi connectivity index (χ1) is 6.56. The van der Waals surface area contributed by atoms with Gasteiger partial charge in [0, 0.05) is 6.10 Å². The lowest BCUT2D eigenvalue weighted by Crippen LogP contribution is -2.43. The first-order valence-corrected chi connectivity index (χ1v) is 8.91. The maximum absolute atomic E-state index is 6.13. The molecule has 0 heterocycles. The number of hydrogen-bond donors (Lipinski definition) is 0. The third-order valence-electron chi connectivity index (χ3n) is 2.91. The fraction of sp³-hybridized carbons (Fsp3) is 0.818. The molecule has 0 aliphatic heterocycles. The second-order valence-corrected chi connectivity index (χ2v) is 11.2. The van der Waals surface area contributed by atoms with Gasteiger partial charge in [-0.2, -0.15) is 0 Å². The van der Waals surface area contributed by atoms with Gasteiger partial charge in [0.2, 0.25) is 0 Å². The summed E-state index contributed by atoms with van der Waals surface area (Å²) in [6.45, 7) is 13.3. The van der Waals surface area contributed by atoms with E-state index >= 15 is 0 Å². The highest BCUT2D eigenvalue weighted by molar-refractivity contribution is 6.74. The van der Waals surface area contributed by atoms with E-state index in [-0.39, 0.29) is 11.1 Å². The minimum atomic E-state index is -1.66. The molecule has 0 aromatic rings. The Morgan fingerprint density at radius 2 is 1.80 bits per heavy atom. The van der Waals surface area contributed by atoms with Crippen LogP contribution in [0.1, 0.15) is 34.1 Å². The zero-order valence-electron chi connectivity index (χ0n) is 10.5. The molecule has 1 unspecified atom stereocenters. The molecule has 4 heteroatoms. The summed E-state index contributed by atoms with van der Waals surface area (Å²) >= 11 is 11.1. The van der Waals surface area contributed by atoms with Crippen LogP contribution in [0.4, 0.5) is 0 Å². The van der Waals surface area contributed by atoms with Crippen molar-refractivity contribution in [1.29, 1.82) is 0 Å². The standard InChI is InChI=1S/C11H22Cl2OSi/c1-9(7-8-10(12)13)14-15(5,6)11(2,3)4/h8-9H,7H2,1-6H3. The van der Waals surface area contributed by atoms with Gasteiger partial charge < -0.3 is 4.43 Å². The lowest BCUT2D eigenvalue weighted by molar-refractivity contribution is 0.202. The second-order valence-electron chi connectivity index (χ2n) is 5.42. The average molecular weight is 269 g/mol. The van der Waals surface area contributed by atoms with E-state index in [9.17, 15) is 0 Å². The molecular formula is C11H22Cl2OSi. The molecule has 1 nitrogen and oxygen atoms in total. The van der Waals surface area contributed by atoms with Crippen LogP contribution < -0.4 is 0 Å². The molecule has 0 radical (unpaired) electrons. The van der Waals surface area contributed by atoms with E-state index in [2.05, 4.69) is 40.8 Å². The molecule has 0 saturated heterocycles. The average Bonchev–Trinajstić information content (AvgIpc) is 1.97. The molecule has 0 aliphatic carbocycles. The van der Waals surface area contributed by atoms with Gasteiger partial charge in [-0.25, -0.2) is 0 Å². The van der Waals surface area contributed by atoms with Crippen molar-refractivity contribution in [1.82, 2.24) is 0 Å². The van der Waals surface area contributed by atoms with Crippen molar-refractivity contribution in [2.24, 2.45) is 0 Å². The van der Waals surface area contributed by atoms with Gasteiger partial charge in [-0.3, -0.25) is 0 Å². The Bertz CT molecular complexity index is 227. The van der Waals surface area contributed by atoms with E-state index < -0.39 is 8.32 Å². The summed E-state index contributed by atoms with van der Waals surface area (Å²) in [6, 6.07) is 0. The van der Waals surface area contributed by atoms with Crippen molar-refractivity contribution in [2.45, 2.75) is 58.4 Å². The van der Waals surface area contributed by atoms with Crippen molar-refractivity contribution < 1.29 is 4.43 Å². The lowest BCUT2D eigenvalue weighted by Gasteiger charge is -2.38. The molecule has 90 valence electrons. The van der Waals surface area contributed by atoms with Crippen molar-refractivity contribution >= 4 is 31.5 Å². The zero-order valence-corrected chi connectivity index (χ0v) is 13.0. The highest BCUT2D eigenvalue weighted by Gasteiger charge is 2.38. The Balaban J connectivity index is 4.29. The van der Waals surface area contributed by atoms with Gasteiger partial charge in [-0.1, -0.05) is 50.0 Å². The van der Waals surface area contributed by atoms with Crippen LogP contribution in [0, 0.1) is 0 Å². The quantitative estimate of drug-likeness (QED) is 0.645. The predicted molar refractivity (Wildman–Crippen MR) is 72.2 cm³/mol. The SMILES string of the molecule is CC(CC=C(Cl)Cl)O[Si](C)(C)C(C)(C)C. The van der Waals surface area contributed by atoms with E-state index in [1.807, 2.05) is 0 Å². The molecular weight excluding hydrogens is 247 g/mol. The third-order valence-corrected chi connectivity index (χ3v) is 7.82. The van der Waals surface area contributed by atoms with Crippen molar-refractivity contribution in [2.75, 3.05) is 0 Å². The molecule has 0 fully saturated rings. The van der Waals surface area contributed by atoms with Gasteiger partial charge in [0.15, 0.2) is 8.32 Å². The van der Waals surface area contributed by atoms with Gasteiger partial charge in [0.05, 0.1) is 0 Å². The van der Waals surface area contributed by atoms with Crippen LogP contribution in [0.3, 0.4) is 0 Å². The van der Waals surface area contributed by atoms with Crippen LogP contribution in [0.15, 0.2) is 10.6 Å². The number of rotatable bonds is 4. The summed E-state index contributed by atoms with van der Waals surface area (Å²) in [5.74, 6) is 0. The van der Waals surface area contributed by atoms with E-state index in [0.717, 1.165) is 6.42 Å². The zero-order chi connectivity index (χ0) is 12.3. The minimum absolute atomic E-state index is 0.179. The molecule has 15 heavy (non-hydrogen) atoms. The molecule has 0 N–H and O–H groups in total. The summed E-state index contributed by atoms with van der Waals surface area (Å²) in [7, 11) is -1.66. The predicted octanol–water partition coefficient (Wildman–Crippen LogP) is 5.11. The van der Waals surface area contributed by atoms with Crippen molar-refractivity contribution in [3.05, 3.63) is 10.6 Å². The first kappa shape index (κ1) is 15.5. The smallest absolute Gasteiger partial charge is 0.192 e. The maximum Gasteiger partial charge on any atom is 0.192 e. The number of halogens is 2. The monoisotopic (exact) mass is 268 g/mol. The largest absolute Gasteiger partial charge is 0.414 e. The molecule has 0 spiro atoms. The molecule has 0 saturated carbocycles. The summed E-state index contributed by atoms with van der Waals surface area (Å²) in [5, 5.41) is 0.246. The van der Waals surface area contributed by atoms with Crippen LogP contribution in [-0.2, 0) is 4.43 Å². The van der Waals surface area contributed by atoms with Gasteiger partial charge in [0.1, 0.15) is 4.49 Å². The van der Waals surface area contributed by atoms with Crippen molar-refractivity contribution in [3.8, 4) is 0 Å². The Hall–Kier alpha value is 0.497. The van der Waals surface area contributed by atoms with E-state index in [4.69, 9.17) is 27.6 Å². The van der Waals surface area contributed by atoms with Gasteiger partial charge in [0.25, 0.3) is 0 Å². The lowest BCUT2D eigenvalue weighted by atomic mass is 10.2. The van der Waals surface area contributed by atoms with E-state index in [1.165, 1.54) is 0 Å². The van der Waals surface area contributed by atoms with Crippen LogP contribution in [0.2, 0.25) is 18.1 Å². The molecule has 1 atom stereocenters. The van der Waals surface area contributed by atoms with Gasteiger partial charge in [-0.05, 0) is 31.5 Å². The molecule has 0 aromatic carbocycles. The maximum atomic E-state index is 6.13. The highest BCUT2D eigenvalue weighted by Crippen LogP contribution is 2.37. The summed E-state index contributed by atoms with van der Waals surface area (Å²) in [4.78, 5) is 0. The summed E-state index contributed by atoms with van der Waals surface area (Å²) in [5.41, 5.74) is 0. The van der Waals surface area contributed by atoms with Gasteiger partial charge >= 0.3 is 0 Å². The Labute approximate surface area is 105 Å². The van der Waals surface area contributed by atoms with Crippen LogP contribution in [0.25, 0.3) is 0 Å². The Morgan fingerprint density at radius 1 is 1.33 bits per heavy atom. The molecule has 0 amide bonds. The number of hydrogen-bond acceptors (Lipinski definition) is 1. The van der Waals surface area contributed by atoms with E-state index in [1.54, 1.807) is 6.08 Å². The molecule has 0 aliphatic rings. The fourth-order valence-electron chi connectivity index (χ4n) is 0.983. The van der Waals surface area contributed by atoms with Crippen LogP contribution >= 0.6 is 23.2 Å². The normalized spacial score (nSPS) is 14.9. The van der Waals surface area contributed by atoms with Gasteiger partial charge in [-0.15, -0.1) is 0 Å². The second kappa shape index (κ2) is 5.71. The van der Waals surface area contributed by atoms with Crippen LogP contribution in [0.5, 0.6) is 0 Å².